The quantitative estimate of drug-likeness (QED) is 0.268. The number of alkyl halides is 3. The van der Waals surface area contributed by atoms with Gasteiger partial charge in [0.15, 0.2) is 11.6 Å². The van der Waals surface area contributed by atoms with E-state index in [1.807, 2.05) is 24.3 Å². The van der Waals surface area contributed by atoms with Gasteiger partial charge in [-0.2, -0.15) is 23.3 Å². The molecule has 16 heteroatoms. The molecule has 0 unspecified atom stereocenters. The van der Waals surface area contributed by atoms with Crippen LogP contribution in [0.1, 0.15) is 26.5 Å². The van der Waals surface area contributed by atoms with E-state index in [2.05, 4.69) is 52.3 Å². The lowest BCUT2D eigenvalue weighted by molar-refractivity contribution is -0.192. The van der Waals surface area contributed by atoms with Crippen LogP contribution in [0.2, 0.25) is 0 Å². The summed E-state index contributed by atoms with van der Waals surface area (Å²) in [6.07, 6.45) is -3.88. The number of anilines is 2. The second kappa shape index (κ2) is 12.5. The fourth-order valence-corrected chi connectivity index (χ4v) is 3.85. The highest BCUT2D eigenvalue weighted by Crippen LogP contribution is 2.23. The second-order valence-corrected chi connectivity index (χ2v) is 8.96. The van der Waals surface area contributed by atoms with E-state index < -0.39 is 12.1 Å². The summed E-state index contributed by atoms with van der Waals surface area (Å²) in [7, 11) is 2.12. The Morgan fingerprint density at radius 1 is 1.02 bits per heavy atom. The van der Waals surface area contributed by atoms with Crippen LogP contribution in [0.3, 0.4) is 0 Å². The third-order valence-electron chi connectivity index (χ3n) is 6.11. The number of nitrogens with zero attached hydrogens (tertiary/aromatic N) is 5. The number of amides is 2. The Hall–Kier alpha value is -4.99. The van der Waals surface area contributed by atoms with Crippen molar-refractivity contribution in [2.75, 3.05) is 43.4 Å². The number of aliphatic carboxylic acids is 1. The summed E-state index contributed by atoms with van der Waals surface area (Å²) in [4.78, 5) is 42.8. The molecular weight excluding hydrogens is 549 g/mol. The van der Waals surface area contributed by atoms with E-state index >= 15 is 0 Å². The summed E-state index contributed by atoms with van der Waals surface area (Å²) in [5.74, 6) is -2.59. The average molecular weight is 575 g/mol. The van der Waals surface area contributed by atoms with Gasteiger partial charge in [-0.25, -0.2) is 4.79 Å². The number of hydrogen-bond acceptors (Lipinski definition) is 9. The van der Waals surface area contributed by atoms with Crippen LogP contribution in [0.4, 0.5) is 24.7 Å². The molecular formula is C25H25F3N8O5. The third-order valence-corrected chi connectivity index (χ3v) is 6.11. The first-order chi connectivity index (χ1) is 19.5. The van der Waals surface area contributed by atoms with Crippen LogP contribution in [0.15, 0.2) is 53.4 Å². The summed E-state index contributed by atoms with van der Waals surface area (Å²) >= 11 is 0. The number of nitrogens with one attached hydrogen (secondary N) is 3. The lowest BCUT2D eigenvalue weighted by Crippen LogP contribution is -2.44. The van der Waals surface area contributed by atoms with Crippen LogP contribution in [0.5, 0.6) is 0 Å². The first kappa shape index (κ1) is 29.0. The van der Waals surface area contributed by atoms with Crippen molar-refractivity contribution in [3.05, 3.63) is 65.8 Å². The summed E-state index contributed by atoms with van der Waals surface area (Å²) in [5.41, 5.74) is 2.76. The molecule has 13 nitrogen and oxygen atoms in total. The minimum absolute atomic E-state index is 0.145. The molecule has 1 saturated heterocycles. The number of benzene rings is 2. The zero-order valence-corrected chi connectivity index (χ0v) is 21.6. The summed E-state index contributed by atoms with van der Waals surface area (Å²) in [5, 5.41) is 24.1. The first-order valence-corrected chi connectivity index (χ1v) is 12.2. The van der Waals surface area contributed by atoms with Crippen molar-refractivity contribution in [2.24, 2.45) is 0 Å². The molecule has 0 atom stereocenters. The number of H-pyrrole nitrogens is 1. The second-order valence-electron chi connectivity index (χ2n) is 8.96. The van der Waals surface area contributed by atoms with Crippen LogP contribution in [0, 0.1) is 0 Å². The zero-order chi connectivity index (χ0) is 29.6. The lowest BCUT2D eigenvalue weighted by atomic mass is 10.1. The van der Waals surface area contributed by atoms with Gasteiger partial charge in [0.25, 0.3) is 11.8 Å². The fraction of sp³-hybridized carbons (Fsp3) is 0.280. The Morgan fingerprint density at radius 3 is 2.29 bits per heavy atom. The zero-order valence-electron chi connectivity index (χ0n) is 21.6. The first-order valence-electron chi connectivity index (χ1n) is 12.2. The van der Waals surface area contributed by atoms with Gasteiger partial charge in [-0.1, -0.05) is 5.16 Å². The minimum atomic E-state index is -5.08. The highest BCUT2D eigenvalue weighted by molar-refractivity contribution is 6.09. The van der Waals surface area contributed by atoms with Crippen molar-refractivity contribution < 1.29 is 37.2 Å². The molecule has 216 valence electrons. The molecule has 0 saturated carbocycles. The SMILES string of the molecule is CN1CCN(c2ccc(C(=O)Nc3n[nH]c4ccc(C(=O)NCc5ncon5)cc34)cc2)CC1.O=C(O)C(F)(F)F. The highest BCUT2D eigenvalue weighted by atomic mass is 19.4. The normalized spacial score (nSPS) is 13.8. The molecule has 5 rings (SSSR count). The predicted octanol–water partition coefficient (Wildman–Crippen LogP) is 2.51. The van der Waals surface area contributed by atoms with Crippen molar-refractivity contribution in [1.82, 2.24) is 30.6 Å². The number of piperazine rings is 1. The molecule has 2 aromatic carbocycles. The summed E-state index contributed by atoms with van der Waals surface area (Å²) < 4.78 is 36.4. The maximum absolute atomic E-state index is 12.9. The van der Waals surface area contributed by atoms with E-state index in [0.717, 1.165) is 31.9 Å². The summed E-state index contributed by atoms with van der Waals surface area (Å²) in [6.45, 7) is 4.11. The van der Waals surface area contributed by atoms with Gasteiger partial charge in [0, 0.05) is 48.4 Å². The van der Waals surface area contributed by atoms with Crippen LogP contribution >= 0.6 is 0 Å². The molecule has 1 fully saturated rings. The van der Waals surface area contributed by atoms with E-state index in [1.54, 1.807) is 18.2 Å². The van der Waals surface area contributed by atoms with Gasteiger partial charge in [-0.15, -0.1) is 0 Å². The molecule has 0 spiro atoms. The molecule has 0 bridgehead atoms. The molecule has 0 radical (unpaired) electrons. The van der Waals surface area contributed by atoms with E-state index in [9.17, 15) is 22.8 Å². The van der Waals surface area contributed by atoms with E-state index in [-0.39, 0.29) is 18.4 Å². The standard InChI is InChI=1S/C23H24N8O3.C2HF3O2/c1-30-8-10-31(11-9-30)17-5-2-15(3-6-17)23(33)26-21-18-12-16(4-7-19(18)27-28-21)22(32)24-13-20-25-14-34-29-20;3-2(4,5)1(6)7/h2-7,12,14H,8-11,13H2,1H3,(H,24,32)(H2,26,27,28,33);(H,6,7). The highest BCUT2D eigenvalue weighted by Gasteiger charge is 2.38. The molecule has 2 aromatic heterocycles. The smallest absolute Gasteiger partial charge is 0.475 e. The van der Waals surface area contributed by atoms with Crippen molar-refractivity contribution >= 4 is 40.2 Å². The van der Waals surface area contributed by atoms with E-state index in [1.165, 1.54) is 6.39 Å². The largest absolute Gasteiger partial charge is 0.490 e. The number of carbonyl (C=O) groups excluding carboxylic acids is 2. The maximum atomic E-state index is 12.9. The molecule has 4 N–H and O–H groups in total. The van der Waals surface area contributed by atoms with Gasteiger partial charge in [0.05, 0.1) is 12.1 Å². The van der Waals surface area contributed by atoms with Crippen LogP contribution in [-0.4, -0.2) is 87.5 Å². The van der Waals surface area contributed by atoms with Crippen molar-refractivity contribution in [2.45, 2.75) is 12.7 Å². The number of carboxylic acid groups (broad SMARTS) is 1. The van der Waals surface area contributed by atoms with E-state index in [0.29, 0.717) is 33.7 Å². The molecule has 4 aromatic rings. The van der Waals surface area contributed by atoms with Gasteiger partial charge in [-0.3, -0.25) is 14.7 Å². The van der Waals surface area contributed by atoms with Crippen molar-refractivity contribution in [1.29, 1.82) is 0 Å². The number of aromatic nitrogens is 4. The van der Waals surface area contributed by atoms with Crippen LogP contribution in [-0.2, 0) is 11.3 Å². The number of carbonyl (C=O) groups is 3. The number of halogens is 3. The number of carboxylic acids is 1. The topological polar surface area (TPSA) is 170 Å². The Balaban J connectivity index is 0.000000493. The number of rotatable bonds is 6. The summed E-state index contributed by atoms with van der Waals surface area (Å²) in [6, 6.07) is 12.7. The molecule has 0 aliphatic carbocycles. The van der Waals surface area contributed by atoms with Gasteiger partial charge in [0.1, 0.15) is 0 Å². The van der Waals surface area contributed by atoms with Crippen LogP contribution in [0.25, 0.3) is 10.9 Å². The molecule has 1 aliphatic rings. The Bertz CT molecular complexity index is 1500. The fourth-order valence-electron chi connectivity index (χ4n) is 3.85. The third kappa shape index (κ3) is 7.57. The maximum Gasteiger partial charge on any atom is 0.490 e. The molecule has 1 aliphatic heterocycles. The Kier molecular flexibility index (Phi) is 8.81. The monoisotopic (exact) mass is 574 g/mol. The molecule has 2 amide bonds. The van der Waals surface area contributed by atoms with Gasteiger partial charge < -0.3 is 30.1 Å². The number of aromatic amines is 1. The average Bonchev–Trinajstić information content (AvgIpc) is 3.62. The van der Waals surface area contributed by atoms with E-state index in [4.69, 9.17) is 9.90 Å². The Morgan fingerprint density at radius 2 is 1.68 bits per heavy atom. The number of fused-ring (bicyclic) bond motifs is 1. The number of likely N-dealkylation sites (N-methyl/N-ethyl adjacent to an activating group) is 1. The van der Waals surface area contributed by atoms with Gasteiger partial charge >= 0.3 is 12.1 Å². The van der Waals surface area contributed by atoms with Crippen molar-refractivity contribution in [3.63, 3.8) is 0 Å². The van der Waals surface area contributed by atoms with Gasteiger partial charge in [0.2, 0.25) is 6.39 Å². The Labute approximate surface area is 230 Å². The number of hydrogen-bond donors (Lipinski definition) is 4. The lowest BCUT2D eigenvalue weighted by Gasteiger charge is -2.34. The molecule has 3 heterocycles. The molecule has 41 heavy (non-hydrogen) atoms. The minimum Gasteiger partial charge on any atom is -0.475 e. The van der Waals surface area contributed by atoms with Gasteiger partial charge in [-0.05, 0) is 49.5 Å². The van der Waals surface area contributed by atoms with Crippen molar-refractivity contribution in [3.8, 4) is 0 Å². The predicted molar refractivity (Wildman–Crippen MR) is 139 cm³/mol. The van der Waals surface area contributed by atoms with Crippen LogP contribution < -0.4 is 15.5 Å².